The Kier molecular flexibility index (Phi) is 6.16. The average molecular weight is 458 g/mol. The first-order valence-corrected chi connectivity index (χ1v) is 10.1. The summed E-state index contributed by atoms with van der Waals surface area (Å²) in [4.78, 5) is 2.72. The van der Waals surface area contributed by atoms with Crippen molar-refractivity contribution in [1.82, 2.24) is 4.98 Å². The first kappa shape index (κ1) is 22.5. The van der Waals surface area contributed by atoms with Gasteiger partial charge in [0.05, 0.1) is 24.1 Å². The molecule has 11 heteroatoms. The van der Waals surface area contributed by atoms with E-state index >= 15 is 0 Å². The minimum absolute atomic E-state index is 0.199. The number of alkyl halides is 3. The van der Waals surface area contributed by atoms with Crippen LogP contribution in [0.2, 0.25) is 0 Å². The molecule has 0 amide bonds. The number of aromatic nitrogens is 1. The molecule has 0 bridgehead atoms. The van der Waals surface area contributed by atoms with E-state index in [-0.39, 0.29) is 18.4 Å². The molecule has 0 fully saturated rings. The number of hydrogen-bond donors (Lipinski definition) is 0. The number of halogens is 5. The molecule has 0 aliphatic carbocycles. The number of methoxy groups -OCH3 is 1. The van der Waals surface area contributed by atoms with Crippen molar-refractivity contribution in [3.8, 4) is 5.75 Å². The first-order chi connectivity index (χ1) is 14.5. The van der Waals surface area contributed by atoms with Crippen LogP contribution >= 0.6 is 0 Å². The second-order valence-electron chi connectivity index (χ2n) is 6.32. The van der Waals surface area contributed by atoms with E-state index in [1.165, 1.54) is 31.4 Å². The summed E-state index contributed by atoms with van der Waals surface area (Å²) >= 11 is 0. The Labute approximate surface area is 174 Å². The van der Waals surface area contributed by atoms with E-state index in [4.69, 9.17) is 4.74 Å². The van der Waals surface area contributed by atoms with Crippen LogP contribution in [0.25, 0.3) is 0 Å². The highest BCUT2D eigenvalue weighted by atomic mass is 32.2. The predicted octanol–water partition coefficient (Wildman–Crippen LogP) is 4.78. The summed E-state index contributed by atoms with van der Waals surface area (Å²) in [7, 11) is -3.24. The molecule has 5 nitrogen and oxygen atoms in total. The third-order valence-corrected chi connectivity index (χ3v) is 6.02. The standard InChI is InChI=1S/C20H15F5N2O3S/c1-30-14-7-5-13(6-8-14)12-27(19-4-2-3-18(22)26-19)31(28,29)15-9-10-17(21)16(11-15)20(23,24)25/h2-11H,12H2,1H3. The van der Waals surface area contributed by atoms with E-state index in [2.05, 4.69) is 4.98 Å². The van der Waals surface area contributed by atoms with Crippen molar-refractivity contribution in [2.45, 2.75) is 17.6 Å². The van der Waals surface area contributed by atoms with Crippen molar-refractivity contribution in [1.29, 1.82) is 0 Å². The van der Waals surface area contributed by atoms with Gasteiger partial charge in [-0.2, -0.15) is 17.6 Å². The fourth-order valence-electron chi connectivity index (χ4n) is 2.73. The molecule has 0 saturated heterocycles. The summed E-state index contributed by atoms with van der Waals surface area (Å²) in [5.74, 6) is -2.45. The zero-order chi connectivity index (χ0) is 22.8. The van der Waals surface area contributed by atoms with Crippen LogP contribution in [0.15, 0.2) is 65.6 Å². The molecule has 0 aliphatic heterocycles. The van der Waals surface area contributed by atoms with Crippen LogP contribution in [0.3, 0.4) is 0 Å². The number of rotatable bonds is 6. The van der Waals surface area contributed by atoms with Crippen LogP contribution in [0.4, 0.5) is 27.8 Å². The van der Waals surface area contributed by atoms with Crippen LogP contribution in [0.5, 0.6) is 5.75 Å². The lowest BCUT2D eigenvalue weighted by Gasteiger charge is -2.24. The van der Waals surface area contributed by atoms with E-state index in [1.54, 1.807) is 12.1 Å². The average Bonchev–Trinajstić information content (AvgIpc) is 2.71. The normalized spacial score (nSPS) is 11.9. The number of nitrogens with zero attached hydrogens (tertiary/aromatic N) is 2. The predicted molar refractivity (Wildman–Crippen MR) is 102 cm³/mol. The highest BCUT2D eigenvalue weighted by Crippen LogP contribution is 2.34. The summed E-state index contributed by atoms with van der Waals surface area (Å²) in [6.07, 6.45) is -5.10. The number of anilines is 1. The second kappa shape index (κ2) is 8.50. The minimum Gasteiger partial charge on any atom is -0.497 e. The molecule has 0 unspecified atom stereocenters. The van der Waals surface area contributed by atoms with Gasteiger partial charge in [-0.15, -0.1) is 0 Å². The van der Waals surface area contributed by atoms with Gasteiger partial charge < -0.3 is 4.74 Å². The molecule has 1 heterocycles. The molecule has 0 atom stereocenters. The van der Waals surface area contributed by atoms with Crippen molar-refractivity contribution in [3.63, 3.8) is 0 Å². The van der Waals surface area contributed by atoms with Crippen molar-refractivity contribution in [2.75, 3.05) is 11.4 Å². The molecule has 0 aliphatic rings. The van der Waals surface area contributed by atoms with Crippen LogP contribution in [-0.4, -0.2) is 20.5 Å². The zero-order valence-corrected chi connectivity index (χ0v) is 16.7. The van der Waals surface area contributed by atoms with Gasteiger partial charge in [0.15, 0.2) is 0 Å². The van der Waals surface area contributed by atoms with Gasteiger partial charge in [-0.25, -0.2) is 22.1 Å². The number of pyridine rings is 1. The smallest absolute Gasteiger partial charge is 0.419 e. The maximum atomic E-state index is 13.7. The topological polar surface area (TPSA) is 59.5 Å². The minimum atomic E-state index is -5.10. The largest absolute Gasteiger partial charge is 0.497 e. The number of benzene rings is 2. The summed E-state index contributed by atoms with van der Waals surface area (Å²) < 4.78 is 98.7. The third kappa shape index (κ3) is 4.93. The highest BCUT2D eigenvalue weighted by Gasteiger charge is 2.36. The number of ether oxygens (including phenoxy) is 1. The number of sulfonamides is 1. The monoisotopic (exact) mass is 458 g/mol. The number of hydrogen-bond acceptors (Lipinski definition) is 4. The van der Waals surface area contributed by atoms with Crippen LogP contribution in [0, 0.1) is 11.8 Å². The Hall–Kier alpha value is -3.21. The van der Waals surface area contributed by atoms with E-state index in [1.807, 2.05) is 0 Å². The summed E-state index contributed by atoms with van der Waals surface area (Å²) in [5.41, 5.74) is -1.31. The summed E-state index contributed by atoms with van der Waals surface area (Å²) in [5, 5.41) is 0. The fraction of sp³-hybridized carbons (Fsp3) is 0.150. The molecule has 0 saturated carbocycles. The molecule has 0 spiro atoms. The van der Waals surface area contributed by atoms with Gasteiger partial charge >= 0.3 is 6.18 Å². The van der Waals surface area contributed by atoms with Crippen molar-refractivity contribution >= 4 is 15.8 Å². The van der Waals surface area contributed by atoms with Crippen LogP contribution in [-0.2, 0) is 22.7 Å². The first-order valence-electron chi connectivity index (χ1n) is 8.67. The van der Waals surface area contributed by atoms with E-state index in [0.29, 0.717) is 27.8 Å². The molecule has 164 valence electrons. The molecule has 0 N–H and O–H groups in total. The van der Waals surface area contributed by atoms with Crippen molar-refractivity contribution in [3.05, 3.63) is 83.6 Å². The molecular formula is C20H15F5N2O3S. The Morgan fingerprint density at radius 1 is 1.00 bits per heavy atom. The van der Waals surface area contributed by atoms with Gasteiger partial charge in [0.2, 0.25) is 5.95 Å². The molecule has 2 aromatic carbocycles. The van der Waals surface area contributed by atoms with Gasteiger partial charge in [-0.3, -0.25) is 0 Å². The van der Waals surface area contributed by atoms with Crippen molar-refractivity contribution in [2.24, 2.45) is 0 Å². The SMILES string of the molecule is COc1ccc(CN(c2cccc(F)n2)S(=O)(=O)c2ccc(F)c(C(F)(F)F)c2)cc1. The lowest BCUT2D eigenvalue weighted by atomic mass is 10.2. The lowest BCUT2D eigenvalue weighted by molar-refractivity contribution is -0.140. The van der Waals surface area contributed by atoms with Crippen LogP contribution < -0.4 is 9.04 Å². The Bertz CT molecular complexity index is 1180. The second-order valence-corrected chi connectivity index (χ2v) is 8.18. The Morgan fingerprint density at radius 2 is 1.68 bits per heavy atom. The van der Waals surface area contributed by atoms with Crippen molar-refractivity contribution < 1.29 is 35.1 Å². The van der Waals surface area contributed by atoms with Gasteiger partial charge in [-0.05, 0) is 48.0 Å². The third-order valence-electron chi connectivity index (χ3n) is 4.27. The molecule has 0 radical (unpaired) electrons. The van der Waals surface area contributed by atoms with Gasteiger partial charge in [0, 0.05) is 0 Å². The Morgan fingerprint density at radius 3 is 2.26 bits per heavy atom. The molecular weight excluding hydrogens is 443 g/mol. The zero-order valence-electron chi connectivity index (χ0n) is 15.9. The van der Waals surface area contributed by atoms with Gasteiger partial charge in [0.25, 0.3) is 10.0 Å². The maximum absolute atomic E-state index is 13.7. The lowest BCUT2D eigenvalue weighted by Crippen LogP contribution is -2.31. The summed E-state index contributed by atoms with van der Waals surface area (Å²) in [6, 6.07) is 10.9. The molecule has 3 rings (SSSR count). The highest BCUT2D eigenvalue weighted by molar-refractivity contribution is 7.92. The summed E-state index contributed by atoms with van der Waals surface area (Å²) in [6.45, 7) is -0.374. The van der Waals surface area contributed by atoms with E-state index in [9.17, 15) is 30.4 Å². The maximum Gasteiger partial charge on any atom is 0.419 e. The van der Waals surface area contributed by atoms with E-state index in [0.717, 1.165) is 6.07 Å². The van der Waals surface area contributed by atoms with E-state index < -0.39 is 38.4 Å². The molecule has 31 heavy (non-hydrogen) atoms. The quantitative estimate of drug-likeness (QED) is 0.394. The van der Waals surface area contributed by atoms with Gasteiger partial charge in [0.1, 0.15) is 17.4 Å². The Balaban J connectivity index is 2.11. The van der Waals surface area contributed by atoms with Crippen LogP contribution in [0.1, 0.15) is 11.1 Å². The molecule has 3 aromatic rings. The van der Waals surface area contributed by atoms with Gasteiger partial charge in [-0.1, -0.05) is 18.2 Å². The molecule has 1 aromatic heterocycles. The fourth-order valence-corrected chi connectivity index (χ4v) is 4.16.